The van der Waals surface area contributed by atoms with E-state index in [4.69, 9.17) is 4.74 Å². The van der Waals surface area contributed by atoms with Gasteiger partial charge in [-0.05, 0) is 12.1 Å². The van der Waals surface area contributed by atoms with Crippen molar-refractivity contribution in [3.8, 4) is 0 Å². The zero-order valence-corrected chi connectivity index (χ0v) is 13.0. The molecule has 1 N–H and O–H groups in total. The molecule has 6 nitrogen and oxygen atoms in total. The molecule has 3 heterocycles. The van der Waals surface area contributed by atoms with Crippen molar-refractivity contribution in [2.24, 2.45) is 0 Å². The van der Waals surface area contributed by atoms with Crippen LogP contribution < -0.4 is 10.2 Å². The Hall–Kier alpha value is -1.86. The molecule has 0 unspecified atom stereocenters. The molecule has 116 valence electrons. The highest BCUT2D eigenvalue weighted by atomic mass is 32.1. The first-order valence-electron chi connectivity index (χ1n) is 7.53. The van der Waals surface area contributed by atoms with E-state index >= 15 is 0 Å². The minimum atomic E-state index is 0.0252. The van der Waals surface area contributed by atoms with Crippen LogP contribution in [0.4, 0.5) is 9.93 Å². The second kappa shape index (κ2) is 5.73. The Morgan fingerprint density at radius 1 is 1.27 bits per heavy atom. The minimum Gasteiger partial charge on any atom is -0.378 e. The largest absolute Gasteiger partial charge is 0.378 e. The first-order valence-corrected chi connectivity index (χ1v) is 8.35. The summed E-state index contributed by atoms with van der Waals surface area (Å²) in [5.41, 5.74) is 1.04. The van der Waals surface area contributed by atoms with Gasteiger partial charge in [0.25, 0.3) is 0 Å². The van der Waals surface area contributed by atoms with Gasteiger partial charge in [0.1, 0.15) is 0 Å². The van der Waals surface area contributed by atoms with Gasteiger partial charge in [0.05, 0.1) is 29.5 Å². The van der Waals surface area contributed by atoms with E-state index in [0.717, 1.165) is 23.7 Å². The van der Waals surface area contributed by atoms with Crippen LogP contribution in [0, 0.1) is 0 Å². The molecular formula is C15H18N4O2S. The van der Waals surface area contributed by atoms with Crippen molar-refractivity contribution in [2.45, 2.75) is 6.04 Å². The Labute approximate surface area is 132 Å². The number of hydrogen-bond acceptors (Lipinski definition) is 5. The molecule has 22 heavy (non-hydrogen) atoms. The number of rotatable bonds is 2. The molecule has 2 saturated heterocycles. The number of hydrogen-bond donors (Lipinski definition) is 1. The SMILES string of the molecule is O=C(NC1CN(c2nc3ccccc3s2)C1)N1CCOCC1. The molecule has 2 aliphatic rings. The fourth-order valence-electron chi connectivity index (χ4n) is 2.75. The van der Waals surface area contributed by atoms with E-state index < -0.39 is 0 Å². The number of urea groups is 1. The molecular weight excluding hydrogens is 300 g/mol. The first kappa shape index (κ1) is 13.8. The predicted octanol–water partition coefficient (Wildman–Crippen LogP) is 1.53. The molecule has 2 aromatic rings. The summed E-state index contributed by atoms with van der Waals surface area (Å²) in [6.45, 7) is 4.29. The lowest BCUT2D eigenvalue weighted by molar-refractivity contribution is 0.0522. The van der Waals surface area contributed by atoms with Crippen molar-refractivity contribution in [1.82, 2.24) is 15.2 Å². The van der Waals surface area contributed by atoms with Gasteiger partial charge in [-0.2, -0.15) is 0 Å². The van der Waals surface area contributed by atoms with Gasteiger partial charge in [0.2, 0.25) is 0 Å². The number of fused-ring (bicyclic) bond motifs is 1. The van der Waals surface area contributed by atoms with Gasteiger partial charge in [0, 0.05) is 26.2 Å². The summed E-state index contributed by atoms with van der Waals surface area (Å²) in [7, 11) is 0. The highest BCUT2D eigenvalue weighted by molar-refractivity contribution is 7.22. The van der Waals surface area contributed by atoms with Crippen molar-refractivity contribution in [3.05, 3.63) is 24.3 Å². The van der Waals surface area contributed by atoms with Gasteiger partial charge in [-0.3, -0.25) is 0 Å². The molecule has 0 aliphatic carbocycles. The number of thiazole rings is 1. The molecule has 1 aromatic heterocycles. The molecule has 0 bridgehead atoms. The van der Waals surface area contributed by atoms with Crippen LogP contribution in [-0.2, 0) is 4.74 Å². The topological polar surface area (TPSA) is 57.7 Å². The molecule has 1 aromatic carbocycles. The number of carbonyl (C=O) groups is 1. The lowest BCUT2D eigenvalue weighted by Gasteiger charge is -2.40. The van der Waals surface area contributed by atoms with Gasteiger partial charge in [-0.25, -0.2) is 9.78 Å². The average Bonchev–Trinajstić information content (AvgIpc) is 2.94. The number of nitrogens with zero attached hydrogens (tertiary/aromatic N) is 3. The number of nitrogens with one attached hydrogen (secondary N) is 1. The van der Waals surface area contributed by atoms with E-state index in [2.05, 4.69) is 21.3 Å². The lowest BCUT2D eigenvalue weighted by atomic mass is 10.1. The molecule has 0 radical (unpaired) electrons. The van der Waals surface area contributed by atoms with Crippen LogP contribution in [0.15, 0.2) is 24.3 Å². The molecule has 2 aliphatic heterocycles. The number of amides is 2. The van der Waals surface area contributed by atoms with Crippen LogP contribution in [0.1, 0.15) is 0 Å². The van der Waals surface area contributed by atoms with Gasteiger partial charge >= 0.3 is 6.03 Å². The zero-order valence-electron chi connectivity index (χ0n) is 12.2. The summed E-state index contributed by atoms with van der Waals surface area (Å²) >= 11 is 1.71. The molecule has 4 rings (SSSR count). The smallest absolute Gasteiger partial charge is 0.317 e. The van der Waals surface area contributed by atoms with Crippen LogP contribution in [0.5, 0.6) is 0 Å². The van der Waals surface area contributed by atoms with Crippen LogP contribution in [0.2, 0.25) is 0 Å². The summed E-state index contributed by atoms with van der Waals surface area (Å²) in [6.07, 6.45) is 0. The highest BCUT2D eigenvalue weighted by Crippen LogP contribution is 2.31. The number of benzene rings is 1. The van der Waals surface area contributed by atoms with Crippen molar-refractivity contribution >= 4 is 32.7 Å². The Balaban J connectivity index is 1.32. The Kier molecular flexibility index (Phi) is 3.59. The Morgan fingerprint density at radius 3 is 2.82 bits per heavy atom. The van der Waals surface area contributed by atoms with E-state index in [1.807, 2.05) is 23.1 Å². The number of aromatic nitrogens is 1. The highest BCUT2D eigenvalue weighted by Gasteiger charge is 2.31. The maximum Gasteiger partial charge on any atom is 0.317 e. The van der Waals surface area contributed by atoms with Crippen molar-refractivity contribution in [1.29, 1.82) is 0 Å². The Morgan fingerprint density at radius 2 is 2.05 bits per heavy atom. The molecule has 2 amide bonds. The van der Waals surface area contributed by atoms with Gasteiger partial charge < -0.3 is 19.9 Å². The monoisotopic (exact) mass is 318 g/mol. The van der Waals surface area contributed by atoms with Crippen LogP contribution in [-0.4, -0.2) is 61.3 Å². The van der Waals surface area contributed by atoms with Crippen molar-refractivity contribution < 1.29 is 9.53 Å². The van der Waals surface area contributed by atoms with E-state index in [1.54, 1.807) is 11.3 Å². The fourth-order valence-corrected chi connectivity index (χ4v) is 3.74. The third-order valence-corrected chi connectivity index (χ3v) is 5.16. The van der Waals surface area contributed by atoms with Crippen LogP contribution in [0.25, 0.3) is 10.2 Å². The average molecular weight is 318 g/mol. The summed E-state index contributed by atoms with van der Waals surface area (Å²) in [5.74, 6) is 0. The van der Waals surface area contributed by atoms with Crippen LogP contribution >= 0.6 is 11.3 Å². The van der Waals surface area contributed by atoms with E-state index in [9.17, 15) is 4.79 Å². The van der Waals surface area contributed by atoms with Gasteiger partial charge in [-0.1, -0.05) is 23.5 Å². The van der Waals surface area contributed by atoms with E-state index in [-0.39, 0.29) is 12.1 Å². The lowest BCUT2D eigenvalue weighted by Crippen LogP contribution is -2.62. The van der Waals surface area contributed by atoms with Gasteiger partial charge in [0.15, 0.2) is 5.13 Å². The number of para-hydroxylation sites is 1. The minimum absolute atomic E-state index is 0.0252. The van der Waals surface area contributed by atoms with Gasteiger partial charge in [-0.15, -0.1) is 0 Å². The maximum absolute atomic E-state index is 12.1. The number of carbonyl (C=O) groups excluding carboxylic acids is 1. The summed E-state index contributed by atoms with van der Waals surface area (Å²) < 4.78 is 6.47. The summed E-state index contributed by atoms with van der Waals surface area (Å²) in [4.78, 5) is 20.8. The standard InChI is InChI=1S/C15H18N4O2S/c20-14(18-5-7-21-8-6-18)16-11-9-19(10-11)15-17-12-3-1-2-4-13(12)22-15/h1-4,11H,5-10H2,(H,16,20). The second-order valence-electron chi connectivity index (χ2n) is 5.61. The molecule has 0 atom stereocenters. The first-order chi connectivity index (χ1) is 10.8. The van der Waals surface area contributed by atoms with Crippen molar-refractivity contribution in [2.75, 3.05) is 44.3 Å². The molecule has 0 saturated carbocycles. The predicted molar refractivity (Wildman–Crippen MR) is 86.5 cm³/mol. The number of morpholine rings is 1. The maximum atomic E-state index is 12.1. The second-order valence-corrected chi connectivity index (χ2v) is 6.62. The summed E-state index contributed by atoms with van der Waals surface area (Å²) in [5, 5.41) is 4.13. The molecule has 2 fully saturated rings. The molecule has 0 spiro atoms. The zero-order chi connectivity index (χ0) is 14.9. The van der Waals surface area contributed by atoms with E-state index in [0.29, 0.717) is 26.3 Å². The third-order valence-electron chi connectivity index (χ3n) is 4.06. The van der Waals surface area contributed by atoms with Crippen molar-refractivity contribution in [3.63, 3.8) is 0 Å². The fraction of sp³-hybridized carbons (Fsp3) is 0.467. The number of anilines is 1. The summed E-state index contributed by atoms with van der Waals surface area (Å²) in [6, 6.07) is 8.40. The Bertz CT molecular complexity index is 644. The van der Waals surface area contributed by atoms with E-state index in [1.165, 1.54) is 4.70 Å². The molecule has 7 heteroatoms. The normalized spacial score (nSPS) is 19.3. The van der Waals surface area contributed by atoms with Crippen LogP contribution in [0.3, 0.4) is 0 Å². The quantitative estimate of drug-likeness (QED) is 0.912. The number of ether oxygens (including phenoxy) is 1. The third kappa shape index (κ3) is 2.62.